The summed E-state index contributed by atoms with van der Waals surface area (Å²) >= 11 is 1.57. The summed E-state index contributed by atoms with van der Waals surface area (Å²) in [5.74, 6) is 0.833. The predicted molar refractivity (Wildman–Crippen MR) is 83.5 cm³/mol. The van der Waals surface area contributed by atoms with Gasteiger partial charge in [0.1, 0.15) is 6.07 Å². The van der Waals surface area contributed by atoms with Crippen LogP contribution in [0.25, 0.3) is 0 Å². The molecule has 0 aliphatic rings. The third-order valence-electron chi connectivity index (χ3n) is 2.70. The van der Waals surface area contributed by atoms with E-state index in [2.05, 4.69) is 36.9 Å². The number of benzene rings is 1. The zero-order chi connectivity index (χ0) is 13.9. The first kappa shape index (κ1) is 15.4. The lowest BCUT2D eigenvalue weighted by Crippen LogP contribution is -2.14. The molecule has 0 atom stereocenters. The molecule has 0 bridgehead atoms. The molecule has 0 radical (unpaired) electrons. The molecule has 0 amide bonds. The van der Waals surface area contributed by atoms with Crippen LogP contribution in [0, 0.1) is 11.3 Å². The third-order valence-corrected chi connectivity index (χ3v) is 3.72. The number of allylic oxidation sites excluding steroid dienone is 3. The van der Waals surface area contributed by atoms with Gasteiger partial charge < -0.3 is 4.90 Å². The SMILES string of the molecule is CCN(/C=C\C=C(\C#N)SCc1ccccc1)CC. The van der Waals surface area contributed by atoms with E-state index in [0.717, 1.165) is 23.7 Å². The monoisotopic (exact) mass is 272 g/mol. The molecule has 0 aliphatic carbocycles. The van der Waals surface area contributed by atoms with Gasteiger partial charge in [0.25, 0.3) is 0 Å². The summed E-state index contributed by atoms with van der Waals surface area (Å²) in [6.45, 7) is 6.21. The molecule has 3 heteroatoms. The Balaban J connectivity index is 2.52. The van der Waals surface area contributed by atoms with E-state index in [1.165, 1.54) is 5.56 Å². The Morgan fingerprint density at radius 2 is 1.95 bits per heavy atom. The molecule has 1 aromatic carbocycles. The molecule has 19 heavy (non-hydrogen) atoms. The van der Waals surface area contributed by atoms with E-state index in [0.29, 0.717) is 0 Å². The van der Waals surface area contributed by atoms with Crippen molar-refractivity contribution in [3.8, 4) is 6.07 Å². The first-order chi connectivity index (χ1) is 9.30. The molecule has 0 saturated heterocycles. The van der Waals surface area contributed by atoms with Crippen LogP contribution >= 0.6 is 11.8 Å². The molecule has 1 aromatic rings. The summed E-state index contributed by atoms with van der Waals surface area (Å²) < 4.78 is 0. The first-order valence-electron chi connectivity index (χ1n) is 6.49. The van der Waals surface area contributed by atoms with Crippen LogP contribution in [0.4, 0.5) is 0 Å². The van der Waals surface area contributed by atoms with E-state index >= 15 is 0 Å². The Morgan fingerprint density at radius 3 is 2.53 bits per heavy atom. The van der Waals surface area contributed by atoms with Crippen LogP contribution in [-0.4, -0.2) is 18.0 Å². The van der Waals surface area contributed by atoms with E-state index in [1.807, 2.05) is 36.6 Å². The topological polar surface area (TPSA) is 27.0 Å². The molecule has 0 heterocycles. The highest BCUT2D eigenvalue weighted by Crippen LogP contribution is 2.20. The van der Waals surface area contributed by atoms with Crippen molar-refractivity contribution in [2.75, 3.05) is 13.1 Å². The average molecular weight is 272 g/mol. The van der Waals surface area contributed by atoms with Crippen LogP contribution in [-0.2, 0) is 5.75 Å². The van der Waals surface area contributed by atoms with Gasteiger partial charge in [-0.2, -0.15) is 5.26 Å². The van der Waals surface area contributed by atoms with E-state index in [1.54, 1.807) is 11.8 Å². The molecule has 0 unspecified atom stereocenters. The van der Waals surface area contributed by atoms with Gasteiger partial charge in [-0.05, 0) is 37.8 Å². The summed E-state index contributed by atoms with van der Waals surface area (Å²) in [6, 6.07) is 12.4. The van der Waals surface area contributed by atoms with Crippen LogP contribution in [0.1, 0.15) is 19.4 Å². The summed E-state index contributed by atoms with van der Waals surface area (Å²) in [4.78, 5) is 2.93. The minimum atomic E-state index is 0.743. The van der Waals surface area contributed by atoms with Gasteiger partial charge in [0.05, 0.1) is 4.91 Å². The molecular weight excluding hydrogens is 252 g/mol. The fourth-order valence-corrected chi connectivity index (χ4v) is 2.29. The van der Waals surface area contributed by atoms with E-state index < -0.39 is 0 Å². The van der Waals surface area contributed by atoms with E-state index in [9.17, 15) is 0 Å². The fourth-order valence-electron chi connectivity index (χ4n) is 1.54. The zero-order valence-corrected chi connectivity index (χ0v) is 12.4. The summed E-state index contributed by atoms with van der Waals surface area (Å²) in [6.07, 6.45) is 5.86. The number of rotatable bonds is 7. The van der Waals surface area contributed by atoms with Crippen molar-refractivity contribution in [3.63, 3.8) is 0 Å². The minimum absolute atomic E-state index is 0.743. The Hall–Kier alpha value is -1.66. The van der Waals surface area contributed by atoms with Crippen molar-refractivity contribution in [3.05, 3.63) is 59.2 Å². The molecule has 0 fully saturated rings. The summed E-state index contributed by atoms with van der Waals surface area (Å²) in [5.41, 5.74) is 1.24. The second kappa shape index (κ2) is 9.29. The normalized spacial score (nSPS) is 11.5. The van der Waals surface area contributed by atoms with Crippen molar-refractivity contribution in [2.45, 2.75) is 19.6 Å². The second-order valence-corrected chi connectivity index (χ2v) is 5.00. The van der Waals surface area contributed by atoms with E-state index in [4.69, 9.17) is 5.26 Å². The summed E-state index contributed by atoms with van der Waals surface area (Å²) in [5, 5.41) is 9.10. The quantitative estimate of drug-likeness (QED) is 0.550. The predicted octanol–water partition coefficient (Wildman–Crippen LogP) is 4.18. The third kappa shape index (κ3) is 6.17. The van der Waals surface area contributed by atoms with E-state index in [-0.39, 0.29) is 0 Å². The molecular formula is C16H20N2S. The molecule has 100 valence electrons. The minimum Gasteiger partial charge on any atom is -0.378 e. The van der Waals surface area contributed by atoms with Gasteiger partial charge in [0, 0.05) is 18.8 Å². The highest BCUT2D eigenvalue weighted by atomic mass is 32.2. The maximum atomic E-state index is 9.10. The van der Waals surface area contributed by atoms with Gasteiger partial charge in [-0.25, -0.2) is 0 Å². The number of thioether (sulfide) groups is 1. The van der Waals surface area contributed by atoms with Crippen LogP contribution in [0.15, 0.2) is 53.6 Å². The number of nitriles is 1. The lowest BCUT2D eigenvalue weighted by molar-refractivity contribution is 0.419. The maximum Gasteiger partial charge on any atom is 0.106 e. The molecule has 0 aromatic heterocycles. The van der Waals surface area contributed by atoms with Gasteiger partial charge in [-0.1, -0.05) is 30.3 Å². The van der Waals surface area contributed by atoms with Crippen LogP contribution < -0.4 is 0 Å². The van der Waals surface area contributed by atoms with Gasteiger partial charge in [-0.3, -0.25) is 0 Å². The molecule has 0 spiro atoms. The average Bonchev–Trinajstić information content (AvgIpc) is 2.48. The van der Waals surface area contributed by atoms with Gasteiger partial charge in [0.15, 0.2) is 0 Å². The Labute approximate surface area is 120 Å². The Morgan fingerprint density at radius 1 is 1.26 bits per heavy atom. The van der Waals surface area contributed by atoms with Gasteiger partial charge >= 0.3 is 0 Å². The molecule has 2 nitrogen and oxygen atoms in total. The van der Waals surface area contributed by atoms with Crippen LogP contribution in [0.3, 0.4) is 0 Å². The van der Waals surface area contributed by atoms with Crippen LogP contribution in [0.2, 0.25) is 0 Å². The van der Waals surface area contributed by atoms with Crippen molar-refractivity contribution >= 4 is 11.8 Å². The second-order valence-electron chi connectivity index (χ2n) is 3.98. The number of hydrogen-bond donors (Lipinski definition) is 0. The zero-order valence-electron chi connectivity index (χ0n) is 11.5. The fraction of sp³-hybridized carbons (Fsp3) is 0.312. The number of nitrogens with zero attached hydrogens (tertiary/aromatic N) is 2. The molecule has 0 N–H and O–H groups in total. The van der Waals surface area contributed by atoms with Crippen molar-refractivity contribution in [1.29, 1.82) is 5.26 Å². The highest BCUT2D eigenvalue weighted by Gasteiger charge is 1.97. The van der Waals surface area contributed by atoms with Gasteiger partial charge in [0.2, 0.25) is 0 Å². The molecule has 0 saturated carbocycles. The number of hydrogen-bond acceptors (Lipinski definition) is 3. The molecule has 1 rings (SSSR count). The smallest absolute Gasteiger partial charge is 0.106 e. The Bertz CT molecular complexity index is 453. The van der Waals surface area contributed by atoms with Gasteiger partial charge in [-0.15, -0.1) is 11.8 Å². The lowest BCUT2D eigenvalue weighted by Gasteiger charge is -2.13. The highest BCUT2D eigenvalue weighted by molar-refractivity contribution is 8.02. The standard InChI is InChI=1S/C16H20N2S/c1-3-18(4-2)12-8-11-16(13-17)19-14-15-9-6-5-7-10-15/h5-12H,3-4,14H2,1-2H3/b12-8-,16-11-. The maximum absolute atomic E-state index is 9.10. The lowest BCUT2D eigenvalue weighted by atomic mass is 10.2. The largest absolute Gasteiger partial charge is 0.378 e. The molecule has 0 aliphatic heterocycles. The van der Waals surface area contributed by atoms with Crippen molar-refractivity contribution < 1.29 is 0 Å². The van der Waals surface area contributed by atoms with Crippen molar-refractivity contribution in [2.24, 2.45) is 0 Å². The van der Waals surface area contributed by atoms with Crippen LogP contribution in [0.5, 0.6) is 0 Å². The Kier molecular flexibility index (Phi) is 7.53. The van der Waals surface area contributed by atoms with Crippen molar-refractivity contribution in [1.82, 2.24) is 4.90 Å². The summed E-state index contributed by atoms with van der Waals surface area (Å²) in [7, 11) is 0. The first-order valence-corrected chi connectivity index (χ1v) is 7.48.